The van der Waals surface area contributed by atoms with Crippen molar-refractivity contribution in [2.45, 2.75) is 57.9 Å². The molecule has 1 aliphatic carbocycles. The maximum Gasteiger partial charge on any atom is 0.250 e. The average Bonchev–Trinajstić information content (AvgIpc) is 2.98. The van der Waals surface area contributed by atoms with Gasteiger partial charge in [-0.15, -0.1) is 0 Å². The number of nitrogens with one attached hydrogen (secondary N) is 1. The molecule has 4 rings (SSSR count). The van der Waals surface area contributed by atoms with E-state index in [1.165, 1.54) is 45.1 Å². The summed E-state index contributed by atoms with van der Waals surface area (Å²) < 4.78 is 0. The molecule has 0 radical (unpaired) electrons. The van der Waals surface area contributed by atoms with Crippen LogP contribution in [0.2, 0.25) is 0 Å². The standard InChI is InChI=1S/C22H33N5O/c1-2-5-16-8-10-17(11-9-16)26-12-4-13-27(15-14-26)22-24-19-7-3-6-18(21(23)28)20(19)25-22/h3,6-7,16-17H,2,4-5,8-15H2,1H3,(H2,23,28)(H,24,25)/t16-,17-. The molecule has 1 amide bonds. The number of rotatable bonds is 5. The third-order valence-electron chi connectivity index (χ3n) is 6.63. The molecule has 3 N–H and O–H groups in total. The Kier molecular flexibility index (Phi) is 5.85. The zero-order valence-corrected chi connectivity index (χ0v) is 17.0. The van der Waals surface area contributed by atoms with Crippen LogP contribution in [0.3, 0.4) is 0 Å². The van der Waals surface area contributed by atoms with Gasteiger partial charge < -0.3 is 15.6 Å². The lowest BCUT2D eigenvalue weighted by molar-refractivity contribution is 0.100. The summed E-state index contributed by atoms with van der Waals surface area (Å²) >= 11 is 0. The normalized spacial score (nSPS) is 24.4. The van der Waals surface area contributed by atoms with Gasteiger partial charge in [-0.1, -0.05) is 25.8 Å². The second-order valence-electron chi connectivity index (χ2n) is 8.47. The first kappa shape index (κ1) is 19.2. The van der Waals surface area contributed by atoms with Gasteiger partial charge in [0.05, 0.1) is 11.1 Å². The first-order chi connectivity index (χ1) is 13.7. The van der Waals surface area contributed by atoms with Crippen LogP contribution in [-0.4, -0.2) is 53.0 Å². The topological polar surface area (TPSA) is 78.2 Å². The molecule has 2 heterocycles. The molecule has 0 bridgehead atoms. The van der Waals surface area contributed by atoms with Crippen molar-refractivity contribution in [1.29, 1.82) is 0 Å². The Hall–Kier alpha value is -2.08. The number of benzene rings is 1. The summed E-state index contributed by atoms with van der Waals surface area (Å²) in [7, 11) is 0. The van der Waals surface area contributed by atoms with Crippen LogP contribution in [0.4, 0.5) is 5.95 Å². The van der Waals surface area contributed by atoms with E-state index in [9.17, 15) is 4.79 Å². The Balaban J connectivity index is 1.41. The Morgan fingerprint density at radius 3 is 2.75 bits per heavy atom. The molecule has 1 aliphatic heterocycles. The van der Waals surface area contributed by atoms with Crippen LogP contribution < -0.4 is 10.6 Å². The van der Waals surface area contributed by atoms with E-state index < -0.39 is 5.91 Å². The minimum Gasteiger partial charge on any atom is -0.366 e. The van der Waals surface area contributed by atoms with Crippen LogP contribution in [0.15, 0.2) is 18.2 Å². The largest absolute Gasteiger partial charge is 0.366 e. The van der Waals surface area contributed by atoms with Crippen molar-refractivity contribution in [2.24, 2.45) is 11.7 Å². The van der Waals surface area contributed by atoms with Crippen LogP contribution in [0.5, 0.6) is 0 Å². The Labute approximate surface area is 167 Å². The predicted molar refractivity (Wildman–Crippen MR) is 114 cm³/mol. The molecule has 28 heavy (non-hydrogen) atoms. The number of nitrogens with zero attached hydrogens (tertiary/aromatic N) is 3. The van der Waals surface area contributed by atoms with Gasteiger partial charge in [0, 0.05) is 32.2 Å². The number of hydrogen-bond acceptors (Lipinski definition) is 4. The van der Waals surface area contributed by atoms with E-state index in [0.717, 1.165) is 49.5 Å². The maximum atomic E-state index is 11.7. The van der Waals surface area contributed by atoms with Gasteiger partial charge in [0.1, 0.15) is 5.52 Å². The highest BCUT2D eigenvalue weighted by atomic mass is 16.1. The number of H-pyrrole nitrogens is 1. The van der Waals surface area contributed by atoms with E-state index in [1.54, 1.807) is 6.07 Å². The van der Waals surface area contributed by atoms with E-state index >= 15 is 0 Å². The van der Waals surface area contributed by atoms with Gasteiger partial charge in [0.15, 0.2) is 0 Å². The van der Waals surface area contributed by atoms with E-state index in [2.05, 4.69) is 21.7 Å². The molecule has 2 aliphatic rings. The minimum absolute atomic E-state index is 0.427. The number of anilines is 1. The van der Waals surface area contributed by atoms with Crippen molar-refractivity contribution in [3.05, 3.63) is 23.8 Å². The molecule has 2 aromatic rings. The number of nitrogens with two attached hydrogens (primary N) is 1. The SMILES string of the molecule is CCC[C@H]1CC[C@H](N2CCCN(c3nc4c(C(N)=O)cccc4[nH]3)CC2)CC1. The van der Waals surface area contributed by atoms with Gasteiger partial charge in [-0.25, -0.2) is 4.98 Å². The predicted octanol–water partition coefficient (Wildman–Crippen LogP) is 3.53. The lowest BCUT2D eigenvalue weighted by Gasteiger charge is -2.36. The van der Waals surface area contributed by atoms with Crippen molar-refractivity contribution in [1.82, 2.24) is 14.9 Å². The number of imidazole rings is 1. The quantitative estimate of drug-likeness (QED) is 0.828. The van der Waals surface area contributed by atoms with Gasteiger partial charge in [-0.05, 0) is 50.2 Å². The monoisotopic (exact) mass is 383 g/mol. The van der Waals surface area contributed by atoms with Crippen LogP contribution in [0.25, 0.3) is 11.0 Å². The number of hydrogen-bond donors (Lipinski definition) is 2. The zero-order chi connectivity index (χ0) is 19.5. The number of fused-ring (bicyclic) bond motifs is 1. The van der Waals surface area contributed by atoms with Crippen molar-refractivity contribution >= 4 is 22.9 Å². The van der Waals surface area contributed by atoms with Gasteiger partial charge >= 0.3 is 0 Å². The third-order valence-corrected chi connectivity index (χ3v) is 6.63. The van der Waals surface area contributed by atoms with Crippen molar-refractivity contribution in [3.8, 4) is 0 Å². The van der Waals surface area contributed by atoms with Crippen molar-refractivity contribution in [3.63, 3.8) is 0 Å². The first-order valence-electron chi connectivity index (χ1n) is 10.9. The molecule has 1 saturated carbocycles. The lowest BCUT2D eigenvalue weighted by atomic mass is 9.83. The van der Waals surface area contributed by atoms with E-state index in [4.69, 9.17) is 10.7 Å². The summed E-state index contributed by atoms with van der Waals surface area (Å²) in [4.78, 5) is 24.8. The number of carbonyl (C=O) groups is 1. The molecule has 6 nitrogen and oxygen atoms in total. The summed E-state index contributed by atoms with van der Waals surface area (Å²) in [5.74, 6) is 1.39. The molecule has 1 aromatic heterocycles. The fourth-order valence-electron chi connectivity index (χ4n) is 5.09. The molecular weight excluding hydrogens is 350 g/mol. The second kappa shape index (κ2) is 8.52. The highest BCUT2D eigenvalue weighted by Crippen LogP contribution is 2.31. The number of amides is 1. The van der Waals surface area contributed by atoms with E-state index in [1.807, 2.05) is 12.1 Å². The fraction of sp³-hybridized carbons (Fsp3) is 0.636. The lowest BCUT2D eigenvalue weighted by Crippen LogP contribution is -2.40. The molecule has 0 unspecified atom stereocenters. The van der Waals surface area contributed by atoms with Crippen LogP contribution in [0, 0.1) is 5.92 Å². The summed E-state index contributed by atoms with van der Waals surface area (Å²) in [5.41, 5.74) is 7.55. The number of para-hydroxylation sites is 1. The van der Waals surface area contributed by atoms with Gasteiger partial charge in [0.25, 0.3) is 5.91 Å². The zero-order valence-electron chi connectivity index (χ0n) is 17.0. The smallest absolute Gasteiger partial charge is 0.250 e. The summed E-state index contributed by atoms with van der Waals surface area (Å²) in [5, 5.41) is 0. The molecule has 152 valence electrons. The highest BCUT2D eigenvalue weighted by Gasteiger charge is 2.27. The summed E-state index contributed by atoms with van der Waals surface area (Å²) in [6.45, 7) is 6.53. The highest BCUT2D eigenvalue weighted by molar-refractivity contribution is 6.04. The van der Waals surface area contributed by atoms with Crippen LogP contribution >= 0.6 is 0 Å². The number of aromatic amines is 1. The maximum absolute atomic E-state index is 11.7. The Morgan fingerprint density at radius 2 is 2.00 bits per heavy atom. The van der Waals surface area contributed by atoms with Gasteiger partial charge in [-0.2, -0.15) is 0 Å². The Bertz CT molecular complexity index is 808. The van der Waals surface area contributed by atoms with Crippen LogP contribution in [0.1, 0.15) is 62.2 Å². The average molecular weight is 384 g/mol. The molecule has 2 fully saturated rings. The van der Waals surface area contributed by atoms with Crippen LogP contribution in [-0.2, 0) is 0 Å². The Morgan fingerprint density at radius 1 is 1.18 bits per heavy atom. The molecule has 0 spiro atoms. The minimum atomic E-state index is -0.427. The number of aromatic nitrogens is 2. The van der Waals surface area contributed by atoms with E-state index in [0.29, 0.717) is 11.1 Å². The molecule has 6 heteroatoms. The molecule has 1 aromatic carbocycles. The van der Waals surface area contributed by atoms with Gasteiger partial charge in [-0.3, -0.25) is 9.69 Å². The van der Waals surface area contributed by atoms with Gasteiger partial charge in [0.2, 0.25) is 5.95 Å². The molecular formula is C22H33N5O. The molecule has 1 saturated heterocycles. The number of carbonyl (C=O) groups excluding carboxylic acids is 1. The fourth-order valence-corrected chi connectivity index (χ4v) is 5.09. The summed E-state index contributed by atoms with van der Waals surface area (Å²) in [6.07, 6.45) is 9.39. The third kappa shape index (κ3) is 4.02. The summed E-state index contributed by atoms with van der Waals surface area (Å²) in [6, 6.07) is 6.31. The van der Waals surface area contributed by atoms with Crippen molar-refractivity contribution in [2.75, 3.05) is 31.1 Å². The van der Waals surface area contributed by atoms with Crippen molar-refractivity contribution < 1.29 is 4.79 Å². The first-order valence-corrected chi connectivity index (χ1v) is 10.9. The number of primary amides is 1. The van der Waals surface area contributed by atoms with E-state index in [-0.39, 0.29) is 0 Å². The molecule has 0 atom stereocenters. The second-order valence-corrected chi connectivity index (χ2v) is 8.47.